The molecule has 2 rings (SSSR count). The van der Waals surface area contributed by atoms with Crippen LogP contribution in [-0.2, 0) is 12.1 Å². The smallest absolute Gasteiger partial charge is 0.108 e. The van der Waals surface area contributed by atoms with E-state index in [-0.39, 0.29) is 0 Å². The Bertz CT molecular complexity index is 353. The number of aromatic nitrogens is 3. The Morgan fingerprint density at radius 1 is 1.56 bits per heavy atom. The SMILES string of the molecule is CCCn1nncc1C1(O)CC(C(C)C)C1. The van der Waals surface area contributed by atoms with E-state index in [0.717, 1.165) is 31.5 Å². The third-order valence-electron chi connectivity index (χ3n) is 3.67. The quantitative estimate of drug-likeness (QED) is 0.848. The molecule has 0 aliphatic heterocycles. The van der Waals surface area contributed by atoms with E-state index in [2.05, 4.69) is 31.1 Å². The van der Waals surface area contributed by atoms with Crippen molar-refractivity contribution in [2.45, 2.75) is 52.2 Å². The zero-order valence-corrected chi connectivity index (χ0v) is 10.3. The molecule has 4 heteroatoms. The monoisotopic (exact) mass is 223 g/mol. The highest BCUT2D eigenvalue weighted by Crippen LogP contribution is 2.48. The fraction of sp³-hybridized carbons (Fsp3) is 0.833. The van der Waals surface area contributed by atoms with Crippen molar-refractivity contribution in [2.75, 3.05) is 0 Å². The van der Waals surface area contributed by atoms with Gasteiger partial charge < -0.3 is 5.11 Å². The van der Waals surface area contributed by atoms with Crippen LogP contribution in [0.5, 0.6) is 0 Å². The second-order valence-corrected chi connectivity index (χ2v) is 5.29. The molecule has 16 heavy (non-hydrogen) atoms. The molecule has 0 aromatic carbocycles. The number of nitrogens with zero attached hydrogens (tertiary/aromatic N) is 3. The minimum atomic E-state index is -0.673. The molecular formula is C12H21N3O. The molecule has 0 radical (unpaired) electrons. The van der Waals surface area contributed by atoms with Crippen LogP contribution >= 0.6 is 0 Å². The lowest BCUT2D eigenvalue weighted by molar-refractivity contribution is -0.0994. The maximum atomic E-state index is 10.5. The molecule has 4 nitrogen and oxygen atoms in total. The van der Waals surface area contributed by atoms with Gasteiger partial charge in [-0.2, -0.15) is 0 Å². The highest BCUT2D eigenvalue weighted by atomic mass is 16.3. The molecule has 1 saturated carbocycles. The molecule has 1 aliphatic rings. The van der Waals surface area contributed by atoms with Crippen molar-refractivity contribution in [3.8, 4) is 0 Å². The summed E-state index contributed by atoms with van der Waals surface area (Å²) in [5, 5.41) is 18.4. The Morgan fingerprint density at radius 3 is 2.81 bits per heavy atom. The van der Waals surface area contributed by atoms with Crippen LogP contribution in [0, 0.1) is 11.8 Å². The predicted molar refractivity (Wildman–Crippen MR) is 61.8 cm³/mol. The van der Waals surface area contributed by atoms with E-state index >= 15 is 0 Å². The van der Waals surface area contributed by atoms with Gasteiger partial charge in [-0.1, -0.05) is 26.0 Å². The maximum Gasteiger partial charge on any atom is 0.108 e. The van der Waals surface area contributed by atoms with Gasteiger partial charge in [-0.15, -0.1) is 5.10 Å². The molecule has 1 aromatic rings. The van der Waals surface area contributed by atoms with Crippen LogP contribution in [0.25, 0.3) is 0 Å². The second-order valence-electron chi connectivity index (χ2n) is 5.29. The van der Waals surface area contributed by atoms with Gasteiger partial charge in [-0.3, -0.25) is 0 Å². The number of aliphatic hydroxyl groups is 1. The molecule has 0 spiro atoms. The summed E-state index contributed by atoms with van der Waals surface area (Å²) in [4.78, 5) is 0. The first-order valence-electron chi connectivity index (χ1n) is 6.18. The minimum absolute atomic E-state index is 0.634. The van der Waals surface area contributed by atoms with Crippen molar-refractivity contribution >= 4 is 0 Å². The first-order chi connectivity index (χ1) is 7.57. The average molecular weight is 223 g/mol. The summed E-state index contributed by atoms with van der Waals surface area (Å²) >= 11 is 0. The zero-order chi connectivity index (χ0) is 11.8. The van der Waals surface area contributed by atoms with Crippen LogP contribution in [0.3, 0.4) is 0 Å². The van der Waals surface area contributed by atoms with Crippen LogP contribution in [0.15, 0.2) is 6.20 Å². The summed E-state index contributed by atoms with van der Waals surface area (Å²) < 4.78 is 1.84. The zero-order valence-electron chi connectivity index (χ0n) is 10.3. The predicted octanol–water partition coefficient (Wildman–Crippen LogP) is 1.94. The molecule has 0 bridgehead atoms. The summed E-state index contributed by atoms with van der Waals surface area (Å²) in [5.74, 6) is 1.28. The van der Waals surface area contributed by atoms with Crippen molar-refractivity contribution in [3.63, 3.8) is 0 Å². The lowest BCUT2D eigenvalue weighted by Crippen LogP contribution is -2.44. The van der Waals surface area contributed by atoms with Gasteiger partial charge in [0, 0.05) is 6.54 Å². The lowest BCUT2D eigenvalue weighted by Gasteiger charge is -2.45. The van der Waals surface area contributed by atoms with Gasteiger partial charge in [-0.05, 0) is 31.1 Å². The average Bonchev–Trinajstić information content (AvgIpc) is 2.62. The first kappa shape index (κ1) is 11.6. The molecule has 90 valence electrons. The van der Waals surface area contributed by atoms with Gasteiger partial charge in [-0.25, -0.2) is 4.68 Å². The Labute approximate surface area is 96.7 Å². The third-order valence-corrected chi connectivity index (χ3v) is 3.67. The summed E-state index contributed by atoms with van der Waals surface area (Å²) in [6.07, 6.45) is 4.43. The molecule has 1 N–H and O–H groups in total. The van der Waals surface area contributed by atoms with E-state index in [9.17, 15) is 5.11 Å². The standard InChI is InChI=1S/C12H21N3O/c1-4-5-15-11(8-13-14-15)12(16)6-10(7-12)9(2)3/h8-10,16H,4-7H2,1-3H3. The molecule has 1 fully saturated rings. The van der Waals surface area contributed by atoms with Crippen molar-refractivity contribution in [1.82, 2.24) is 15.0 Å². The highest BCUT2D eigenvalue weighted by molar-refractivity contribution is 5.14. The van der Waals surface area contributed by atoms with Crippen LogP contribution in [-0.4, -0.2) is 20.1 Å². The third kappa shape index (κ3) is 1.86. The van der Waals surface area contributed by atoms with Gasteiger partial charge in [0.1, 0.15) is 5.60 Å². The van der Waals surface area contributed by atoms with Crippen LogP contribution in [0.4, 0.5) is 0 Å². The van der Waals surface area contributed by atoms with E-state index in [1.54, 1.807) is 6.20 Å². The van der Waals surface area contributed by atoms with Gasteiger partial charge in [0.25, 0.3) is 0 Å². The van der Waals surface area contributed by atoms with Crippen molar-refractivity contribution in [3.05, 3.63) is 11.9 Å². The summed E-state index contributed by atoms with van der Waals surface area (Å²) in [6, 6.07) is 0. The molecule has 1 aliphatic carbocycles. The van der Waals surface area contributed by atoms with Gasteiger partial charge >= 0.3 is 0 Å². The minimum Gasteiger partial charge on any atom is -0.383 e. The highest BCUT2D eigenvalue weighted by Gasteiger charge is 2.47. The van der Waals surface area contributed by atoms with Crippen molar-refractivity contribution in [2.24, 2.45) is 11.8 Å². The molecule has 1 aromatic heterocycles. The van der Waals surface area contributed by atoms with E-state index < -0.39 is 5.60 Å². The molecular weight excluding hydrogens is 202 g/mol. The lowest BCUT2D eigenvalue weighted by atomic mass is 9.65. The number of rotatable bonds is 4. The van der Waals surface area contributed by atoms with E-state index in [0.29, 0.717) is 11.8 Å². The summed E-state index contributed by atoms with van der Waals surface area (Å²) in [7, 11) is 0. The fourth-order valence-electron chi connectivity index (χ4n) is 2.48. The van der Waals surface area contributed by atoms with E-state index in [1.165, 1.54) is 0 Å². The fourth-order valence-corrected chi connectivity index (χ4v) is 2.48. The number of hydrogen-bond donors (Lipinski definition) is 1. The van der Waals surface area contributed by atoms with Gasteiger partial charge in [0.05, 0.1) is 11.9 Å². The Balaban J connectivity index is 2.10. The molecule has 0 saturated heterocycles. The Hall–Kier alpha value is -0.900. The number of hydrogen-bond acceptors (Lipinski definition) is 3. The second kappa shape index (κ2) is 4.17. The van der Waals surface area contributed by atoms with Crippen LogP contribution < -0.4 is 0 Å². The Kier molecular flexibility index (Phi) is 3.02. The maximum absolute atomic E-state index is 10.5. The van der Waals surface area contributed by atoms with Crippen molar-refractivity contribution < 1.29 is 5.11 Å². The summed E-state index contributed by atoms with van der Waals surface area (Å²) in [6.45, 7) is 7.37. The molecule has 1 heterocycles. The summed E-state index contributed by atoms with van der Waals surface area (Å²) in [5.41, 5.74) is 0.222. The number of aryl methyl sites for hydroxylation is 1. The van der Waals surface area contributed by atoms with E-state index in [4.69, 9.17) is 0 Å². The van der Waals surface area contributed by atoms with Gasteiger partial charge in [0.15, 0.2) is 0 Å². The normalized spacial score (nSPS) is 29.4. The van der Waals surface area contributed by atoms with Crippen molar-refractivity contribution in [1.29, 1.82) is 0 Å². The molecule has 0 unspecified atom stereocenters. The topological polar surface area (TPSA) is 50.9 Å². The van der Waals surface area contributed by atoms with Gasteiger partial charge in [0.2, 0.25) is 0 Å². The van der Waals surface area contributed by atoms with Crippen LogP contribution in [0.2, 0.25) is 0 Å². The van der Waals surface area contributed by atoms with E-state index in [1.807, 2.05) is 4.68 Å². The first-order valence-corrected chi connectivity index (χ1v) is 6.18. The molecule has 0 atom stereocenters. The van der Waals surface area contributed by atoms with Crippen LogP contribution in [0.1, 0.15) is 45.7 Å². The largest absolute Gasteiger partial charge is 0.383 e. The Morgan fingerprint density at radius 2 is 2.25 bits per heavy atom. The molecule has 0 amide bonds.